The van der Waals surface area contributed by atoms with Crippen LogP contribution in [0.1, 0.15) is 102 Å². The average Bonchev–Trinajstić information content (AvgIpc) is 3.65. The van der Waals surface area contributed by atoms with E-state index >= 15 is 0 Å². The van der Waals surface area contributed by atoms with Crippen molar-refractivity contribution in [3.63, 3.8) is 0 Å². The summed E-state index contributed by atoms with van der Waals surface area (Å²) in [5.41, 5.74) is 2.81. The smallest absolute Gasteiger partial charge is 0.408 e. The second kappa shape index (κ2) is 21.8. The van der Waals surface area contributed by atoms with Crippen LogP contribution in [0.3, 0.4) is 0 Å². The Morgan fingerprint density at radius 1 is 0.898 bits per heavy atom. The minimum absolute atomic E-state index is 0.0576. The van der Waals surface area contributed by atoms with E-state index in [1.54, 1.807) is 62.3 Å². The Morgan fingerprint density at radius 2 is 1.51 bits per heavy atom. The second-order valence-electron chi connectivity index (χ2n) is 16.9. The van der Waals surface area contributed by atoms with Crippen molar-refractivity contribution in [2.45, 2.75) is 117 Å². The van der Waals surface area contributed by atoms with Crippen molar-refractivity contribution in [3.05, 3.63) is 83.9 Å². The van der Waals surface area contributed by atoms with Crippen LogP contribution in [0.4, 0.5) is 4.79 Å². The number of likely N-dealkylation sites (tertiary alicyclic amines) is 1. The van der Waals surface area contributed by atoms with E-state index in [1.807, 2.05) is 38.1 Å². The van der Waals surface area contributed by atoms with Gasteiger partial charge in [-0.05, 0) is 79.4 Å². The SMILES string of the molecule is C=CCCC(CC(=O)[C@@H]1[C@H]2C[C@H]2CN1C(=O)[C@@H](NC(=O)O[C@H](C)C(C)C)C1Cc2ccccc2C1)C(=O)C(=O)CCC(=O)N[C@H](C(=O)N(C)C)c1ccccc1.CCC. The molecule has 0 aromatic heterocycles. The van der Waals surface area contributed by atoms with E-state index < -0.39 is 47.6 Å². The summed E-state index contributed by atoms with van der Waals surface area (Å²) in [6.45, 7) is 14.0. The summed E-state index contributed by atoms with van der Waals surface area (Å²) in [6, 6.07) is 14.0. The molecule has 1 aliphatic heterocycles. The van der Waals surface area contributed by atoms with Gasteiger partial charge in [-0.25, -0.2) is 4.79 Å². The van der Waals surface area contributed by atoms with Crippen molar-refractivity contribution in [1.29, 1.82) is 0 Å². The summed E-state index contributed by atoms with van der Waals surface area (Å²) in [5, 5.41) is 5.57. The summed E-state index contributed by atoms with van der Waals surface area (Å²) < 4.78 is 5.62. The molecule has 1 unspecified atom stereocenters. The van der Waals surface area contributed by atoms with Gasteiger partial charge >= 0.3 is 6.09 Å². The molecule has 2 aliphatic carbocycles. The van der Waals surface area contributed by atoms with E-state index in [0.29, 0.717) is 31.4 Å². The highest BCUT2D eigenvalue weighted by Crippen LogP contribution is 2.51. The first kappa shape index (κ1) is 46.6. The van der Waals surface area contributed by atoms with Crippen LogP contribution in [0, 0.1) is 29.6 Å². The average molecular weight is 813 g/mol. The zero-order valence-corrected chi connectivity index (χ0v) is 35.9. The van der Waals surface area contributed by atoms with Gasteiger partial charge in [0.1, 0.15) is 18.2 Å². The lowest BCUT2D eigenvalue weighted by molar-refractivity contribution is -0.143. The number of nitrogens with one attached hydrogen (secondary N) is 2. The number of ketones is 3. The fourth-order valence-corrected chi connectivity index (χ4v) is 7.97. The standard InChI is InChI=1S/C44H56N4O8.C3H8/c1-7-8-14-31(41(52)35(49)19-20-37(51)45-38(42(53)47(5)6)28-15-10-9-11-16-28)24-36(50)40-34-23-33(34)25-48(40)43(54)39(46-44(55)56-27(4)26(2)3)32-21-29-17-12-13-18-30(29)22-32;1-3-2/h7,9-13,15-18,26-27,31-34,38-40H,1,8,14,19-25H2,2-6H3,(H,45,51)(H,46,55);3H2,1-2H3/t27-,31?,33+,34+,38+,39+,40+;/m1./s1. The molecule has 2 aromatic carbocycles. The molecule has 2 N–H and O–H groups in total. The van der Waals surface area contributed by atoms with Crippen molar-refractivity contribution < 1.29 is 38.3 Å². The monoisotopic (exact) mass is 812 g/mol. The number of rotatable bonds is 19. The summed E-state index contributed by atoms with van der Waals surface area (Å²) in [7, 11) is 3.16. The number of carbonyl (C=O) groups excluding carboxylic acids is 7. The zero-order chi connectivity index (χ0) is 43.4. The molecule has 320 valence electrons. The van der Waals surface area contributed by atoms with Gasteiger partial charge in [-0.2, -0.15) is 0 Å². The van der Waals surface area contributed by atoms with E-state index in [2.05, 4.69) is 31.1 Å². The van der Waals surface area contributed by atoms with E-state index in [4.69, 9.17) is 4.74 Å². The summed E-state index contributed by atoms with van der Waals surface area (Å²) in [4.78, 5) is 97.6. The Kier molecular flexibility index (Phi) is 17.2. The fraction of sp³-hybridized carbons (Fsp3) is 0.553. The van der Waals surface area contributed by atoms with Crippen LogP contribution < -0.4 is 10.6 Å². The van der Waals surface area contributed by atoms with Crippen LogP contribution >= 0.6 is 0 Å². The normalized spacial score (nSPS) is 19.7. The Balaban J connectivity index is 0.00000248. The lowest BCUT2D eigenvalue weighted by Gasteiger charge is -2.33. The predicted octanol–water partition coefficient (Wildman–Crippen LogP) is 6.21. The van der Waals surface area contributed by atoms with E-state index in [9.17, 15) is 33.6 Å². The lowest BCUT2D eigenvalue weighted by atomic mass is 9.86. The number of amides is 4. The van der Waals surface area contributed by atoms with Crippen molar-refractivity contribution in [2.24, 2.45) is 29.6 Å². The van der Waals surface area contributed by atoms with Crippen LogP contribution in [0.25, 0.3) is 0 Å². The number of carbonyl (C=O) groups is 7. The highest BCUT2D eigenvalue weighted by Gasteiger charge is 2.58. The third kappa shape index (κ3) is 12.4. The van der Waals surface area contributed by atoms with Crippen molar-refractivity contribution >= 4 is 41.2 Å². The Labute approximate surface area is 349 Å². The molecule has 1 saturated heterocycles. The topological polar surface area (TPSA) is 159 Å². The van der Waals surface area contributed by atoms with Crippen molar-refractivity contribution in [1.82, 2.24) is 20.4 Å². The third-order valence-corrected chi connectivity index (χ3v) is 11.6. The van der Waals surface area contributed by atoms with Gasteiger partial charge in [-0.1, -0.05) is 94.8 Å². The summed E-state index contributed by atoms with van der Waals surface area (Å²) in [6.07, 6.45) is 3.41. The Bertz CT molecular complexity index is 1800. The van der Waals surface area contributed by atoms with Gasteiger partial charge in [0.2, 0.25) is 23.5 Å². The maximum absolute atomic E-state index is 14.5. The van der Waals surface area contributed by atoms with Crippen molar-refractivity contribution in [2.75, 3.05) is 20.6 Å². The quantitative estimate of drug-likeness (QED) is 0.125. The number of nitrogens with zero attached hydrogens (tertiary/aromatic N) is 2. The maximum atomic E-state index is 14.5. The van der Waals surface area contributed by atoms with Gasteiger partial charge in [0.25, 0.3) is 0 Å². The van der Waals surface area contributed by atoms with E-state index in [0.717, 1.165) is 17.5 Å². The number of hydrogen-bond donors (Lipinski definition) is 2. The molecule has 0 bridgehead atoms. The molecule has 2 aromatic rings. The van der Waals surface area contributed by atoms with Crippen molar-refractivity contribution in [3.8, 4) is 0 Å². The number of fused-ring (bicyclic) bond motifs is 2. The van der Waals surface area contributed by atoms with Gasteiger partial charge in [-0.15, -0.1) is 6.58 Å². The number of ether oxygens (including phenoxy) is 1. The number of piperidine rings is 1. The van der Waals surface area contributed by atoms with Crippen LogP contribution in [-0.4, -0.2) is 89.8 Å². The van der Waals surface area contributed by atoms with Gasteiger partial charge in [-0.3, -0.25) is 28.8 Å². The maximum Gasteiger partial charge on any atom is 0.408 e. The lowest BCUT2D eigenvalue weighted by Crippen LogP contribution is -2.56. The first-order valence-corrected chi connectivity index (χ1v) is 21.2. The number of allylic oxidation sites excluding steroid dienone is 1. The van der Waals surface area contributed by atoms with Gasteiger partial charge in [0.05, 0.1) is 6.04 Å². The summed E-state index contributed by atoms with van der Waals surface area (Å²) >= 11 is 0. The fourth-order valence-electron chi connectivity index (χ4n) is 7.97. The van der Waals surface area contributed by atoms with Gasteiger partial charge in [0.15, 0.2) is 11.6 Å². The third-order valence-electron chi connectivity index (χ3n) is 11.6. The molecule has 7 atom stereocenters. The van der Waals surface area contributed by atoms with Crippen LogP contribution in [0.5, 0.6) is 0 Å². The first-order valence-electron chi connectivity index (χ1n) is 21.2. The highest BCUT2D eigenvalue weighted by atomic mass is 16.6. The molecule has 1 saturated carbocycles. The second-order valence-corrected chi connectivity index (χ2v) is 16.9. The largest absolute Gasteiger partial charge is 0.446 e. The summed E-state index contributed by atoms with van der Waals surface area (Å²) in [5.74, 6) is -4.11. The number of Topliss-reactive ketones (excluding diaryl/α,β-unsaturated/α-hetero) is 3. The molecule has 3 aliphatic rings. The molecular weight excluding hydrogens is 749 g/mol. The molecule has 4 amide bonds. The van der Waals surface area contributed by atoms with Gasteiger partial charge in [0, 0.05) is 45.8 Å². The molecule has 0 radical (unpaired) electrons. The molecular formula is C47H64N4O8. The molecule has 12 heteroatoms. The number of alkyl carbamates (subject to hydrolysis) is 1. The van der Waals surface area contributed by atoms with E-state index in [1.165, 1.54) is 11.3 Å². The number of hydrogen-bond acceptors (Lipinski definition) is 8. The number of likely N-dealkylation sites (N-methyl/N-ethyl adjacent to an activating group) is 1. The predicted molar refractivity (Wildman–Crippen MR) is 226 cm³/mol. The van der Waals surface area contributed by atoms with Gasteiger partial charge < -0.3 is 25.2 Å². The van der Waals surface area contributed by atoms with Crippen LogP contribution in [0.2, 0.25) is 0 Å². The zero-order valence-electron chi connectivity index (χ0n) is 35.9. The highest BCUT2D eigenvalue weighted by molar-refractivity contribution is 6.38. The molecule has 2 fully saturated rings. The van der Waals surface area contributed by atoms with E-state index in [-0.39, 0.29) is 73.1 Å². The number of benzene rings is 2. The minimum atomic E-state index is -0.959. The minimum Gasteiger partial charge on any atom is -0.446 e. The molecule has 0 spiro atoms. The van der Waals surface area contributed by atoms with Crippen LogP contribution in [-0.2, 0) is 46.3 Å². The Hall–Kier alpha value is -5.13. The first-order chi connectivity index (χ1) is 28.1. The molecule has 5 rings (SSSR count). The molecule has 59 heavy (non-hydrogen) atoms. The Morgan fingerprint density at radius 3 is 2.08 bits per heavy atom. The molecule has 12 nitrogen and oxygen atoms in total. The van der Waals surface area contributed by atoms with Crippen LogP contribution in [0.15, 0.2) is 67.3 Å². The molecule has 1 heterocycles.